The summed E-state index contributed by atoms with van der Waals surface area (Å²) in [7, 11) is -2.00. The average Bonchev–Trinajstić information content (AvgIpc) is 2.34. The summed E-state index contributed by atoms with van der Waals surface area (Å²) in [6.45, 7) is 5.34. The minimum Gasteiger partial charge on any atom is -0.314 e. The van der Waals surface area contributed by atoms with Crippen LogP contribution in [0.2, 0.25) is 0 Å². The Balaban J connectivity index is 2.44. The standard InChI is InChI=1S/C11H21N5O2S/c1-10(2)14-5-4-6-16(3)19(17,18)15-11-7-12-9-13-8-11/h7-10,14-15H,4-6H2,1-3H3. The number of hydrogen-bond acceptors (Lipinski definition) is 5. The Labute approximate surface area is 114 Å². The summed E-state index contributed by atoms with van der Waals surface area (Å²) in [5.41, 5.74) is 0.356. The smallest absolute Gasteiger partial charge is 0.301 e. The maximum absolute atomic E-state index is 12.0. The van der Waals surface area contributed by atoms with Gasteiger partial charge in [-0.05, 0) is 13.0 Å². The maximum atomic E-state index is 12.0. The van der Waals surface area contributed by atoms with Gasteiger partial charge in [0.15, 0.2) is 0 Å². The Morgan fingerprint density at radius 3 is 2.53 bits per heavy atom. The Morgan fingerprint density at radius 1 is 1.32 bits per heavy atom. The van der Waals surface area contributed by atoms with Gasteiger partial charge in [-0.2, -0.15) is 12.7 Å². The van der Waals surface area contributed by atoms with Gasteiger partial charge in [0.1, 0.15) is 6.33 Å². The topological polar surface area (TPSA) is 87.2 Å². The van der Waals surface area contributed by atoms with Crippen molar-refractivity contribution in [2.75, 3.05) is 24.9 Å². The van der Waals surface area contributed by atoms with Gasteiger partial charge in [0, 0.05) is 19.6 Å². The van der Waals surface area contributed by atoms with Crippen molar-refractivity contribution in [2.24, 2.45) is 0 Å². The lowest BCUT2D eigenvalue weighted by molar-refractivity contribution is 0.451. The molecule has 0 spiro atoms. The molecule has 0 unspecified atom stereocenters. The van der Waals surface area contributed by atoms with Crippen molar-refractivity contribution in [2.45, 2.75) is 26.3 Å². The van der Waals surface area contributed by atoms with Crippen LogP contribution in [0.25, 0.3) is 0 Å². The van der Waals surface area contributed by atoms with Gasteiger partial charge in [0.2, 0.25) is 0 Å². The van der Waals surface area contributed by atoms with E-state index in [-0.39, 0.29) is 0 Å². The van der Waals surface area contributed by atoms with Crippen molar-refractivity contribution >= 4 is 15.9 Å². The van der Waals surface area contributed by atoms with Gasteiger partial charge in [0.25, 0.3) is 0 Å². The summed E-state index contributed by atoms with van der Waals surface area (Å²) in [5, 5.41) is 3.24. The second kappa shape index (κ2) is 7.37. The zero-order valence-electron chi connectivity index (χ0n) is 11.5. The molecule has 0 radical (unpaired) electrons. The zero-order chi connectivity index (χ0) is 14.3. The van der Waals surface area contributed by atoms with Crippen molar-refractivity contribution in [1.29, 1.82) is 0 Å². The molecule has 0 aliphatic heterocycles. The van der Waals surface area contributed by atoms with Crippen molar-refractivity contribution < 1.29 is 8.42 Å². The van der Waals surface area contributed by atoms with E-state index in [1.54, 1.807) is 7.05 Å². The Bertz CT molecular complexity index is 463. The van der Waals surface area contributed by atoms with Crippen molar-refractivity contribution in [3.8, 4) is 0 Å². The van der Waals surface area contributed by atoms with Crippen LogP contribution in [0.4, 0.5) is 5.69 Å². The highest BCUT2D eigenvalue weighted by atomic mass is 32.2. The number of rotatable bonds is 8. The molecule has 0 fully saturated rings. The molecule has 2 N–H and O–H groups in total. The van der Waals surface area contributed by atoms with E-state index in [1.807, 2.05) is 0 Å². The lowest BCUT2D eigenvalue weighted by atomic mass is 10.3. The molecule has 1 aromatic heterocycles. The molecule has 8 heteroatoms. The highest BCUT2D eigenvalue weighted by molar-refractivity contribution is 7.90. The van der Waals surface area contributed by atoms with E-state index in [0.29, 0.717) is 18.3 Å². The molecule has 108 valence electrons. The van der Waals surface area contributed by atoms with Crippen molar-refractivity contribution in [3.05, 3.63) is 18.7 Å². The summed E-state index contributed by atoms with van der Waals surface area (Å²) in [6.07, 6.45) is 4.93. The van der Waals surface area contributed by atoms with Crippen LogP contribution in [-0.2, 0) is 10.2 Å². The molecule has 0 aliphatic rings. The first-order chi connectivity index (χ1) is 8.92. The maximum Gasteiger partial charge on any atom is 0.301 e. The number of nitrogens with one attached hydrogen (secondary N) is 2. The van der Waals surface area contributed by atoms with Gasteiger partial charge in [-0.15, -0.1) is 0 Å². The summed E-state index contributed by atoms with van der Waals surface area (Å²) in [4.78, 5) is 7.51. The molecular formula is C11H21N5O2S. The number of aromatic nitrogens is 2. The third-order valence-electron chi connectivity index (χ3n) is 2.42. The quantitative estimate of drug-likeness (QED) is 0.678. The van der Waals surface area contributed by atoms with Gasteiger partial charge >= 0.3 is 10.2 Å². The fraction of sp³-hybridized carbons (Fsp3) is 0.636. The molecule has 1 aromatic rings. The first kappa shape index (κ1) is 15.8. The molecule has 0 saturated heterocycles. The lowest BCUT2D eigenvalue weighted by Gasteiger charge is -2.18. The first-order valence-corrected chi connectivity index (χ1v) is 7.58. The Kier molecular flexibility index (Phi) is 6.13. The van der Waals surface area contributed by atoms with Gasteiger partial charge < -0.3 is 5.32 Å². The normalized spacial score (nSPS) is 12.1. The van der Waals surface area contributed by atoms with Crippen molar-refractivity contribution in [3.63, 3.8) is 0 Å². The summed E-state index contributed by atoms with van der Waals surface area (Å²) < 4.78 is 27.6. The minimum atomic E-state index is -3.54. The van der Waals surface area contributed by atoms with E-state index in [9.17, 15) is 8.42 Å². The van der Waals surface area contributed by atoms with Crippen molar-refractivity contribution in [1.82, 2.24) is 19.6 Å². The number of hydrogen-bond donors (Lipinski definition) is 2. The van der Waals surface area contributed by atoms with Crippen LogP contribution < -0.4 is 10.0 Å². The molecule has 0 aromatic carbocycles. The molecule has 1 heterocycles. The van der Waals surface area contributed by atoms with Crippen LogP contribution in [-0.4, -0.2) is 48.9 Å². The summed E-state index contributed by atoms with van der Waals surface area (Å²) in [5.74, 6) is 0. The monoisotopic (exact) mass is 287 g/mol. The Morgan fingerprint density at radius 2 is 1.95 bits per heavy atom. The SMILES string of the molecule is CC(C)NCCCN(C)S(=O)(=O)Nc1cncnc1. The largest absolute Gasteiger partial charge is 0.314 e. The predicted octanol–water partition coefficient (Wildman–Crippen LogP) is 0.453. The zero-order valence-corrected chi connectivity index (χ0v) is 12.3. The molecule has 0 atom stereocenters. The van der Waals surface area contributed by atoms with E-state index >= 15 is 0 Å². The van der Waals surface area contributed by atoms with Crippen LogP contribution in [0.1, 0.15) is 20.3 Å². The van der Waals surface area contributed by atoms with E-state index in [0.717, 1.165) is 13.0 Å². The fourth-order valence-electron chi connectivity index (χ4n) is 1.39. The minimum absolute atomic E-state index is 0.356. The third-order valence-corrected chi connectivity index (χ3v) is 3.92. The average molecular weight is 287 g/mol. The van der Waals surface area contributed by atoms with Gasteiger partial charge in [-0.25, -0.2) is 9.97 Å². The highest BCUT2D eigenvalue weighted by Gasteiger charge is 2.17. The van der Waals surface area contributed by atoms with E-state index < -0.39 is 10.2 Å². The molecule has 0 bridgehead atoms. The fourth-order valence-corrected chi connectivity index (χ4v) is 2.32. The van der Waals surface area contributed by atoms with E-state index in [1.165, 1.54) is 23.0 Å². The molecule has 19 heavy (non-hydrogen) atoms. The second-order valence-corrected chi connectivity index (χ2v) is 6.30. The molecule has 0 amide bonds. The van der Waals surface area contributed by atoms with Gasteiger partial charge in [-0.1, -0.05) is 13.8 Å². The van der Waals surface area contributed by atoms with Crippen LogP contribution >= 0.6 is 0 Å². The number of anilines is 1. The highest BCUT2D eigenvalue weighted by Crippen LogP contribution is 2.07. The second-order valence-electron chi connectivity index (χ2n) is 4.52. The molecule has 7 nitrogen and oxygen atoms in total. The molecule has 0 aliphatic carbocycles. The van der Waals surface area contributed by atoms with E-state index in [2.05, 4.69) is 33.9 Å². The molecular weight excluding hydrogens is 266 g/mol. The Hall–Kier alpha value is -1.25. The lowest BCUT2D eigenvalue weighted by Crippen LogP contribution is -2.35. The predicted molar refractivity (Wildman–Crippen MR) is 75.0 cm³/mol. The van der Waals surface area contributed by atoms with Gasteiger partial charge in [-0.3, -0.25) is 4.72 Å². The third kappa shape index (κ3) is 5.95. The number of nitrogens with zero attached hydrogens (tertiary/aromatic N) is 3. The van der Waals surface area contributed by atoms with Crippen LogP contribution in [0.3, 0.4) is 0 Å². The van der Waals surface area contributed by atoms with E-state index in [4.69, 9.17) is 0 Å². The van der Waals surface area contributed by atoms with Crippen LogP contribution in [0, 0.1) is 0 Å². The molecule has 0 saturated carbocycles. The molecule has 1 rings (SSSR count). The van der Waals surface area contributed by atoms with Crippen LogP contribution in [0.5, 0.6) is 0 Å². The summed E-state index contributed by atoms with van der Waals surface area (Å²) >= 11 is 0. The van der Waals surface area contributed by atoms with Crippen LogP contribution in [0.15, 0.2) is 18.7 Å². The summed E-state index contributed by atoms with van der Waals surface area (Å²) in [6, 6.07) is 0.404. The van der Waals surface area contributed by atoms with Gasteiger partial charge in [0.05, 0.1) is 18.1 Å². The first-order valence-electron chi connectivity index (χ1n) is 6.14.